The number of aromatic nitrogens is 3. The lowest BCUT2D eigenvalue weighted by molar-refractivity contribution is 0.0796. The molecule has 33 heavy (non-hydrogen) atoms. The fourth-order valence-electron chi connectivity index (χ4n) is 4.16. The van der Waals surface area contributed by atoms with Crippen LogP contribution >= 0.6 is 11.6 Å². The second-order valence-electron chi connectivity index (χ2n) is 8.34. The van der Waals surface area contributed by atoms with E-state index in [1.807, 2.05) is 19.2 Å². The number of fused-ring (bicyclic) bond motifs is 1. The van der Waals surface area contributed by atoms with Crippen LogP contribution in [0.3, 0.4) is 0 Å². The van der Waals surface area contributed by atoms with Crippen LogP contribution in [0.1, 0.15) is 11.1 Å². The van der Waals surface area contributed by atoms with Gasteiger partial charge in [-0.25, -0.2) is 19.8 Å². The third kappa shape index (κ3) is 4.39. The summed E-state index contributed by atoms with van der Waals surface area (Å²) < 4.78 is 0. The number of pyridine rings is 1. The molecule has 0 spiro atoms. The molecule has 10 heteroatoms. The van der Waals surface area contributed by atoms with Crippen LogP contribution in [-0.2, 0) is 11.4 Å². The van der Waals surface area contributed by atoms with E-state index >= 15 is 0 Å². The minimum atomic E-state index is 0.337. The summed E-state index contributed by atoms with van der Waals surface area (Å²) in [6, 6.07) is 10.1. The highest BCUT2D eigenvalue weighted by atomic mass is 35.5. The monoisotopic (exact) mass is 466 g/mol. The van der Waals surface area contributed by atoms with Gasteiger partial charge in [0.25, 0.3) is 0 Å². The van der Waals surface area contributed by atoms with Gasteiger partial charge in [-0.3, -0.25) is 0 Å². The first kappa shape index (κ1) is 21.7. The van der Waals surface area contributed by atoms with E-state index in [1.54, 1.807) is 22.6 Å². The highest BCUT2D eigenvalue weighted by molar-refractivity contribution is 6.32. The number of likely N-dealkylation sites (N-methyl/N-ethyl adjacent to an activating group) is 1. The molecular formula is C23H27ClN8O. The van der Waals surface area contributed by atoms with Crippen LogP contribution in [0.2, 0.25) is 5.15 Å². The van der Waals surface area contributed by atoms with Crippen LogP contribution in [-0.4, -0.2) is 60.1 Å². The number of hydrazine groups is 1. The summed E-state index contributed by atoms with van der Waals surface area (Å²) >= 11 is 6.27. The summed E-state index contributed by atoms with van der Waals surface area (Å²) in [5.74, 6) is 1.26. The quantitative estimate of drug-likeness (QED) is 0.580. The molecule has 9 nitrogen and oxygen atoms in total. The molecule has 0 radical (unpaired) electrons. The number of nitrogens with zero attached hydrogens (tertiary/aromatic N) is 7. The minimum absolute atomic E-state index is 0.337. The fraction of sp³-hybridized carbons (Fsp3) is 0.348. The molecular weight excluding hydrogens is 440 g/mol. The highest BCUT2D eigenvalue weighted by Gasteiger charge is 2.27. The van der Waals surface area contributed by atoms with E-state index in [0.29, 0.717) is 23.4 Å². The van der Waals surface area contributed by atoms with Gasteiger partial charge in [0.1, 0.15) is 12.3 Å². The van der Waals surface area contributed by atoms with Crippen LogP contribution in [0.25, 0.3) is 0 Å². The van der Waals surface area contributed by atoms with Gasteiger partial charge < -0.3 is 15.1 Å². The maximum absolute atomic E-state index is 6.27. The average Bonchev–Trinajstić information content (AvgIpc) is 2.81. The molecule has 0 unspecified atom stereocenters. The lowest BCUT2D eigenvalue weighted by Gasteiger charge is -2.37. The van der Waals surface area contributed by atoms with Crippen LogP contribution in [0.15, 0.2) is 42.7 Å². The van der Waals surface area contributed by atoms with E-state index in [2.05, 4.69) is 57.3 Å². The Hall–Kier alpha value is -3.14. The van der Waals surface area contributed by atoms with Crippen molar-refractivity contribution in [3.05, 3.63) is 59.0 Å². The Balaban J connectivity index is 1.35. The van der Waals surface area contributed by atoms with E-state index in [-0.39, 0.29) is 0 Å². The summed E-state index contributed by atoms with van der Waals surface area (Å²) in [6.45, 7) is 6.74. The normalized spacial score (nSPS) is 16.7. The third-order valence-electron chi connectivity index (χ3n) is 6.01. The van der Waals surface area contributed by atoms with Gasteiger partial charge in [0.2, 0.25) is 5.95 Å². The van der Waals surface area contributed by atoms with Gasteiger partial charge in [-0.2, -0.15) is 10.2 Å². The molecule has 172 valence electrons. The van der Waals surface area contributed by atoms with Crippen molar-refractivity contribution in [2.24, 2.45) is 0 Å². The molecule has 2 aliphatic heterocycles. The van der Waals surface area contributed by atoms with Crippen molar-refractivity contribution >= 4 is 40.4 Å². The Kier molecular flexibility index (Phi) is 5.92. The fourth-order valence-corrected chi connectivity index (χ4v) is 4.35. The highest BCUT2D eigenvalue weighted by Crippen LogP contribution is 2.33. The van der Waals surface area contributed by atoms with Crippen molar-refractivity contribution in [3.8, 4) is 0 Å². The Morgan fingerprint density at radius 3 is 2.61 bits per heavy atom. The van der Waals surface area contributed by atoms with E-state index < -0.39 is 0 Å². The zero-order valence-electron chi connectivity index (χ0n) is 19.0. The van der Waals surface area contributed by atoms with Gasteiger partial charge in [0.05, 0.1) is 0 Å². The van der Waals surface area contributed by atoms with Crippen LogP contribution in [0.4, 0.5) is 28.8 Å². The van der Waals surface area contributed by atoms with Gasteiger partial charge >= 0.3 is 0 Å². The first-order chi connectivity index (χ1) is 16.0. The van der Waals surface area contributed by atoms with Crippen molar-refractivity contribution in [2.75, 3.05) is 60.7 Å². The molecule has 1 saturated heterocycles. The summed E-state index contributed by atoms with van der Waals surface area (Å²) in [5, 5.41) is 7.11. The molecule has 4 heterocycles. The average molecular weight is 467 g/mol. The Morgan fingerprint density at radius 1 is 1.03 bits per heavy atom. The molecule has 2 aliphatic rings. The number of benzene rings is 1. The number of anilines is 5. The molecule has 0 saturated carbocycles. The van der Waals surface area contributed by atoms with Crippen LogP contribution in [0, 0.1) is 6.92 Å². The van der Waals surface area contributed by atoms with Gasteiger partial charge in [-0.05, 0) is 49.9 Å². The lowest BCUT2D eigenvalue weighted by atomic mass is 10.1. The number of hydrogen-bond donors (Lipinski definition) is 1. The molecule has 0 atom stereocenters. The maximum atomic E-state index is 6.27. The number of nitrogens with one attached hydrogen (secondary N) is 1. The zero-order valence-corrected chi connectivity index (χ0v) is 19.7. The van der Waals surface area contributed by atoms with Gasteiger partial charge in [0.15, 0.2) is 11.0 Å². The van der Waals surface area contributed by atoms with Crippen LogP contribution < -0.4 is 20.4 Å². The van der Waals surface area contributed by atoms with Gasteiger partial charge in [-0.15, -0.1) is 0 Å². The van der Waals surface area contributed by atoms with Gasteiger partial charge in [-0.1, -0.05) is 11.6 Å². The van der Waals surface area contributed by atoms with Crippen LogP contribution in [0.5, 0.6) is 0 Å². The van der Waals surface area contributed by atoms with Crippen molar-refractivity contribution < 1.29 is 4.84 Å². The predicted octanol–water partition coefficient (Wildman–Crippen LogP) is 3.63. The molecule has 5 rings (SSSR count). The first-order valence-electron chi connectivity index (χ1n) is 10.9. The largest absolute Gasteiger partial charge is 0.369 e. The molecule has 0 amide bonds. The van der Waals surface area contributed by atoms with Crippen molar-refractivity contribution in [2.45, 2.75) is 13.5 Å². The Labute approximate surface area is 198 Å². The van der Waals surface area contributed by atoms with E-state index in [9.17, 15) is 0 Å². The number of piperazine rings is 1. The summed E-state index contributed by atoms with van der Waals surface area (Å²) in [7, 11) is 4.04. The summed E-state index contributed by atoms with van der Waals surface area (Å²) in [6.07, 6.45) is 3.43. The van der Waals surface area contributed by atoms with Crippen molar-refractivity contribution in [3.63, 3.8) is 0 Å². The van der Waals surface area contributed by atoms with E-state index in [0.717, 1.165) is 43.2 Å². The zero-order chi connectivity index (χ0) is 22.9. The molecule has 0 aliphatic carbocycles. The number of hydrogen-bond acceptors (Lipinski definition) is 9. The minimum Gasteiger partial charge on any atom is -0.369 e. The Morgan fingerprint density at radius 2 is 1.85 bits per heavy atom. The summed E-state index contributed by atoms with van der Waals surface area (Å²) in [4.78, 5) is 24.0. The molecule has 0 bridgehead atoms. The molecule has 1 aromatic carbocycles. The first-order valence-corrected chi connectivity index (χ1v) is 11.3. The molecule has 3 aromatic rings. The Bertz CT molecular complexity index is 1150. The molecule has 1 N–H and O–H groups in total. The number of rotatable bonds is 4. The lowest BCUT2D eigenvalue weighted by Crippen LogP contribution is -2.44. The second kappa shape index (κ2) is 9.01. The standard InChI is InChI=1S/C23H27ClN8O/c1-16-13-18(6-7-19(16)31-11-9-29(2)10-12-31)27-23-26-14-17-15-33-32(30(3)22(17)28-23)20-5-4-8-25-21(20)24/h4-8,13-14H,9-12,15H2,1-3H3,(H,26,27,28). The second-order valence-corrected chi connectivity index (χ2v) is 8.70. The topological polar surface area (TPSA) is 72.9 Å². The van der Waals surface area contributed by atoms with Crippen molar-refractivity contribution in [1.29, 1.82) is 0 Å². The summed E-state index contributed by atoms with van der Waals surface area (Å²) in [5.41, 5.74) is 5.00. The smallest absolute Gasteiger partial charge is 0.229 e. The van der Waals surface area contributed by atoms with E-state index in [4.69, 9.17) is 21.4 Å². The third-order valence-corrected chi connectivity index (χ3v) is 6.30. The predicted molar refractivity (Wildman–Crippen MR) is 131 cm³/mol. The maximum Gasteiger partial charge on any atom is 0.229 e. The molecule has 1 fully saturated rings. The number of aryl methyl sites for hydroxylation is 1. The van der Waals surface area contributed by atoms with E-state index in [1.165, 1.54) is 11.3 Å². The van der Waals surface area contributed by atoms with Gasteiger partial charge in [0, 0.05) is 62.6 Å². The number of halogens is 1. The molecule has 2 aromatic heterocycles. The van der Waals surface area contributed by atoms with Crippen molar-refractivity contribution in [1.82, 2.24) is 19.9 Å². The SMILES string of the molecule is Cc1cc(Nc2ncc3c(n2)N(C)N(c2cccnc2Cl)OC3)ccc1N1CCN(C)CC1.